The van der Waals surface area contributed by atoms with Gasteiger partial charge in [0, 0.05) is 42.8 Å². The lowest BCUT2D eigenvalue weighted by Gasteiger charge is -2.37. The maximum Gasteiger partial charge on any atom is 0.320 e. The molecule has 2 fully saturated rings. The number of piperidine rings is 1. The van der Waals surface area contributed by atoms with Crippen molar-refractivity contribution in [2.24, 2.45) is 5.92 Å². The van der Waals surface area contributed by atoms with Gasteiger partial charge in [-0.05, 0) is 98.8 Å². The first-order valence-electron chi connectivity index (χ1n) is 13.5. The molecule has 1 aromatic heterocycles. The average Bonchev–Trinajstić information content (AvgIpc) is 3.33. The van der Waals surface area contributed by atoms with Crippen molar-refractivity contribution >= 4 is 30.1 Å². The smallest absolute Gasteiger partial charge is 0.320 e. The van der Waals surface area contributed by atoms with Crippen LogP contribution in [0.3, 0.4) is 0 Å². The van der Waals surface area contributed by atoms with E-state index in [0.717, 1.165) is 49.2 Å². The molecule has 1 amide bonds. The van der Waals surface area contributed by atoms with Crippen LogP contribution in [0.4, 0.5) is 8.78 Å². The molecule has 4 rings (SSSR count). The van der Waals surface area contributed by atoms with E-state index in [9.17, 15) is 23.5 Å². The van der Waals surface area contributed by atoms with Gasteiger partial charge in [0.05, 0.1) is 0 Å². The van der Waals surface area contributed by atoms with E-state index in [-0.39, 0.29) is 23.4 Å². The number of carboxylic acid groups (broad SMARTS) is 1. The molecule has 2 aliphatic rings. The zero-order valence-electron chi connectivity index (χ0n) is 22.1. The van der Waals surface area contributed by atoms with Gasteiger partial charge in [0.2, 0.25) is 5.91 Å². The van der Waals surface area contributed by atoms with E-state index in [1.807, 2.05) is 6.92 Å². The summed E-state index contributed by atoms with van der Waals surface area (Å²) in [5.41, 5.74) is 1.63. The number of carbonyl (C=O) groups is 2. The first kappa shape index (κ1) is 27.8. The molecule has 1 aliphatic heterocycles. The monoisotopic (exact) mass is 525 g/mol. The first-order chi connectivity index (χ1) is 18.3. The van der Waals surface area contributed by atoms with Gasteiger partial charge in [0.1, 0.15) is 17.7 Å². The molecule has 1 atom stereocenters. The minimum Gasteiger partial charge on any atom is -0.480 e. The molecule has 6 nitrogen and oxygen atoms in total. The lowest BCUT2D eigenvalue weighted by atomic mass is 9.81. The van der Waals surface area contributed by atoms with E-state index in [4.69, 9.17) is 0 Å². The van der Waals surface area contributed by atoms with Crippen LogP contribution >= 0.6 is 0 Å². The van der Waals surface area contributed by atoms with Crippen molar-refractivity contribution in [3.63, 3.8) is 0 Å². The van der Waals surface area contributed by atoms with Crippen molar-refractivity contribution in [2.75, 3.05) is 13.1 Å². The number of aromatic nitrogens is 1. The second-order valence-electron chi connectivity index (χ2n) is 10.4. The van der Waals surface area contributed by atoms with Crippen LogP contribution in [0.15, 0.2) is 30.5 Å². The van der Waals surface area contributed by atoms with Gasteiger partial charge in [-0.15, -0.1) is 0 Å². The summed E-state index contributed by atoms with van der Waals surface area (Å²) in [6.07, 6.45) is 14.1. The number of aromatic amines is 1. The molecule has 1 unspecified atom stereocenters. The number of rotatable bonds is 7. The van der Waals surface area contributed by atoms with E-state index in [1.165, 1.54) is 22.9 Å². The van der Waals surface area contributed by atoms with Gasteiger partial charge in [-0.1, -0.05) is 12.2 Å². The standard InChI is InChI=1S/C30H37F2N3O3/c1-3-25-26(18-33-27(25)4-2)20-6-8-24(9-7-20)34-29(30(37)38)21-11-13-35(14-12-21)28(36)10-5-19-15-22(31)17-23(32)16-19/h3-5,10,15-18,20-21,24,29,33-34H,6-9,11-14H2,1-2H3,(H,37,38). The fraction of sp³-hybridized carbons (Fsp3) is 0.467. The number of amides is 1. The van der Waals surface area contributed by atoms with Gasteiger partial charge in [-0.2, -0.15) is 0 Å². The molecule has 1 aliphatic carbocycles. The van der Waals surface area contributed by atoms with Crippen LogP contribution in [0.25, 0.3) is 18.2 Å². The van der Waals surface area contributed by atoms with Crippen molar-refractivity contribution in [1.29, 1.82) is 0 Å². The quantitative estimate of drug-likeness (QED) is 0.479. The normalized spacial score (nSPS) is 22.8. The average molecular weight is 526 g/mol. The topological polar surface area (TPSA) is 85.4 Å². The number of hydrogen-bond donors (Lipinski definition) is 3. The molecular formula is C30H37F2N3O3. The Labute approximate surface area is 222 Å². The van der Waals surface area contributed by atoms with Crippen LogP contribution in [0, 0.1) is 17.6 Å². The number of nitrogens with one attached hydrogen (secondary N) is 2. The van der Waals surface area contributed by atoms with Gasteiger partial charge in [-0.3, -0.25) is 9.59 Å². The number of benzene rings is 1. The molecule has 3 N–H and O–H groups in total. The summed E-state index contributed by atoms with van der Waals surface area (Å²) in [4.78, 5) is 29.8. The van der Waals surface area contributed by atoms with Crippen LogP contribution in [0.5, 0.6) is 0 Å². The Bertz CT molecular complexity index is 1270. The Hall–Kier alpha value is -3.26. The fourth-order valence-corrected chi connectivity index (χ4v) is 6.00. The van der Waals surface area contributed by atoms with Gasteiger partial charge in [0.25, 0.3) is 0 Å². The summed E-state index contributed by atoms with van der Waals surface area (Å²) in [6.45, 7) is 4.99. The Morgan fingerprint density at radius 2 is 1.68 bits per heavy atom. The molecule has 0 bridgehead atoms. The maximum absolute atomic E-state index is 13.4. The minimum absolute atomic E-state index is 0.0656. The highest BCUT2D eigenvalue weighted by atomic mass is 19.1. The van der Waals surface area contributed by atoms with Crippen LogP contribution in [-0.2, 0) is 9.59 Å². The van der Waals surface area contributed by atoms with Crippen LogP contribution in [0.1, 0.15) is 69.4 Å². The molecule has 204 valence electrons. The van der Waals surface area contributed by atoms with Crippen molar-refractivity contribution < 1.29 is 23.5 Å². The summed E-state index contributed by atoms with van der Waals surface area (Å²) in [5, 5.41) is 15.8. The lowest BCUT2D eigenvalue weighted by molar-refractivity contribution is -0.142. The highest BCUT2D eigenvalue weighted by Gasteiger charge is 2.35. The van der Waals surface area contributed by atoms with E-state index in [1.54, 1.807) is 4.90 Å². The summed E-state index contributed by atoms with van der Waals surface area (Å²) >= 11 is 0. The molecule has 38 heavy (non-hydrogen) atoms. The SMILES string of the molecule is CC=c1[nH]cc(C2CCC(NC(C(=O)O)C3CCN(C(=O)C=Cc4cc(F)cc(F)c4)CC3)CC2)c1=CC. The van der Waals surface area contributed by atoms with Gasteiger partial charge in [0.15, 0.2) is 0 Å². The van der Waals surface area contributed by atoms with E-state index >= 15 is 0 Å². The molecule has 2 aromatic rings. The number of halogens is 2. The van der Waals surface area contributed by atoms with E-state index < -0.39 is 23.6 Å². The van der Waals surface area contributed by atoms with Gasteiger partial charge in [-0.25, -0.2) is 8.78 Å². The Kier molecular flexibility index (Phi) is 9.15. The van der Waals surface area contributed by atoms with Crippen LogP contribution in [0.2, 0.25) is 0 Å². The molecule has 1 aromatic carbocycles. The predicted molar refractivity (Wildman–Crippen MR) is 145 cm³/mol. The fourth-order valence-electron chi connectivity index (χ4n) is 6.00. The number of H-pyrrole nitrogens is 1. The van der Waals surface area contributed by atoms with Crippen LogP contribution < -0.4 is 15.9 Å². The number of likely N-dealkylation sites (tertiary alicyclic amines) is 1. The van der Waals surface area contributed by atoms with Crippen molar-refractivity contribution in [3.05, 3.63) is 63.8 Å². The molecule has 1 saturated heterocycles. The summed E-state index contributed by atoms with van der Waals surface area (Å²) in [7, 11) is 0. The second-order valence-corrected chi connectivity index (χ2v) is 10.4. The van der Waals surface area contributed by atoms with Crippen molar-refractivity contribution in [1.82, 2.24) is 15.2 Å². The predicted octanol–water partition coefficient (Wildman–Crippen LogP) is 3.91. The lowest BCUT2D eigenvalue weighted by Crippen LogP contribution is -2.52. The summed E-state index contributed by atoms with van der Waals surface area (Å²) in [6, 6.07) is 2.62. The second kappa shape index (κ2) is 12.5. The van der Waals surface area contributed by atoms with Gasteiger partial charge < -0.3 is 20.3 Å². The number of hydrogen-bond acceptors (Lipinski definition) is 3. The first-order valence-corrected chi connectivity index (χ1v) is 13.5. The van der Waals surface area contributed by atoms with Crippen LogP contribution in [-0.4, -0.2) is 52.0 Å². The minimum atomic E-state index is -0.846. The molecular weight excluding hydrogens is 488 g/mol. The van der Waals surface area contributed by atoms with Crippen molar-refractivity contribution in [2.45, 2.75) is 70.4 Å². The molecule has 0 spiro atoms. The number of aliphatic carboxylic acids is 1. The van der Waals surface area contributed by atoms with E-state index in [2.05, 4.69) is 35.6 Å². The third kappa shape index (κ3) is 6.59. The highest BCUT2D eigenvalue weighted by molar-refractivity contribution is 5.91. The highest BCUT2D eigenvalue weighted by Crippen LogP contribution is 2.32. The van der Waals surface area contributed by atoms with E-state index in [0.29, 0.717) is 31.8 Å². The third-order valence-corrected chi connectivity index (χ3v) is 8.04. The Balaban J connectivity index is 1.29. The zero-order valence-corrected chi connectivity index (χ0v) is 22.1. The third-order valence-electron chi connectivity index (χ3n) is 8.04. The van der Waals surface area contributed by atoms with Crippen molar-refractivity contribution in [3.8, 4) is 0 Å². The largest absolute Gasteiger partial charge is 0.480 e. The summed E-state index contributed by atoms with van der Waals surface area (Å²) in [5.74, 6) is -2.08. The number of nitrogens with zero attached hydrogens (tertiary/aromatic N) is 1. The number of carboxylic acids is 1. The molecule has 8 heteroatoms. The zero-order chi connectivity index (χ0) is 27.2. The van der Waals surface area contributed by atoms with Gasteiger partial charge >= 0.3 is 5.97 Å². The molecule has 0 radical (unpaired) electrons. The number of carbonyl (C=O) groups excluding carboxylic acids is 1. The molecule has 1 saturated carbocycles. The Morgan fingerprint density at radius 3 is 2.26 bits per heavy atom. The maximum atomic E-state index is 13.4. The Morgan fingerprint density at radius 1 is 1.03 bits per heavy atom. The molecule has 2 heterocycles. The summed E-state index contributed by atoms with van der Waals surface area (Å²) < 4.78 is 26.7.